The number of hydrogen-bond donors (Lipinski definition) is 10. The lowest BCUT2D eigenvalue weighted by atomic mass is 10.1. The molecule has 29 nitrogen and oxygen atoms in total. The number of carbonyl (C=O) groups is 10. The first-order valence-electron chi connectivity index (χ1n) is 29.6. The molecule has 0 rings (SSSR count). The Morgan fingerprint density at radius 3 is 0.776 bits per heavy atom. The lowest BCUT2D eigenvalue weighted by Crippen LogP contribution is -2.56. The van der Waals surface area contributed by atoms with Crippen LogP contribution in [0.5, 0.6) is 0 Å². The molecule has 0 aliphatic rings. The van der Waals surface area contributed by atoms with Gasteiger partial charge in [-0.15, -0.1) is 0 Å². The second kappa shape index (κ2) is 41.4. The maximum absolute atomic E-state index is 14.6. The lowest BCUT2D eigenvalue weighted by molar-refractivity contribution is -0.152. The van der Waals surface area contributed by atoms with Gasteiger partial charge in [-0.1, -0.05) is 41.5 Å². The maximum Gasteiger partial charge on any atom is 0.242 e. The summed E-state index contributed by atoms with van der Waals surface area (Å²) in [6.45, 7) is 8.56. The highest BCUT2D eigenvalue weighted by Crippen LogP contribution is 2.15. The minimum Gasteiger partial charge on any atom is -0.394 e. The molecule has 0 bridgehead atoms. The van der Waals surface area contributed by atoms with E-state index in [1.165, 1.54) is 14.7 Å². The summed E-state index contributed by atoms with van der Waals surface area (Å²) >= 11 is 0. The Hall–Kier alpha value is -5.66. The molecule has 0 heterocycles. The Kier molecular flexibility index (Phi) is 38.7. The van der Waals surface area contributed by atoms with Crippen molar-refractivity contribution in [3.63, 3.8) is 0 Å². The van der Waals surface area contributed by atoms with E-state index in [9.17, 15) is 88.8 Å². The second-order valence-corrected chi connectivity index (χ2v) is 22.0. The maximum atomic E-state index is 14.6. The van der Waals surface area contributed by atoms with E-state index in [0.717, 1.165) is 35.8 Å². The number of nitrogens with two attached hydrogens (primary N) is 1. The molecule has 0 saturated heterocycles. The van der Waals surface area contributed by atoms with E-state index < -0.39 is 225 Å². The minimum atomic E-state index is -1.63. The Morgan fingerprint density at radius 2 is 0.541 bits per heavy atom. The van der Waals surface area contributed by atoms with Crippen LogP contribution in [0.2, 0.25) is 0 Å². The molecule has 0 aromatic heterocycles. The monoisotopic (exact) mass is 1220 g/mol. The molecule has 0 aromatic rings. The largest absolute Gasteiger partial charge is 0.394 e. The average Bonchev–Trinajstić information content (AvgIpc) is 3.69. The minimum absolute atomic E-state index is 0.0111. The van der Waals surface area contributed by atoms with Crippen LogP contribution in [0.15, 0.2) is 0 Å². The van der Waals surface area contributed by atoms with Crippen LogP contribution < -0.4 is 11.1 Å². The van der Waals surface area contributed by atoms with Gasteiger partial charge in [0.05, 0.1) is 90.1 Å². The Labute approximate surface area is 502 Å². The van der Waals surface area contributed by atoms with E-state index in [1.54, 1.807) is 62.3 Å². The molecule has 492 valence electrons. The molecule has 11 N–H and O–H groups in total. The molecule has 0 saturated carbocycles. The van der Waals surface area contributed by atoms with Crippen molar-refractivity contribution in [3.8, 4) is 0 Å². The van der Waals surface area contributed by atoms with Gasteiger partial charge in [-0.2, -0.15) is 0 Å². The zero-order valence-electron chi connectivity index (χ0n) is 52.5. The van der Waals surface area contributed by atoms with E-state index in [2.05, 4.69) is 5.32 Å². The van der Waals surface area contributed by atoms with Crippen molar-refractivity contribution < 1.29 is 88.8 Å². The molecule has 10 atom stereocenters. The third-order valence-electron chi connectivity index (χ3n) is 15.3. The van der Waals surface area contributed by atoms with Gasteiger partial charge in [0.1, 0.15) is 26.2 Å². The number of aliphatic hydroxyl groups excluding tert-OH is 8. The third-order valence-corrected chi connectivity index (χ3v) is 15.3. The first-order chi connectivity index (χ1) is 39.9. The molecule has 0 aliphatic carbocycles. The molecule has 10 unspecified atom stereocenters. The van der Waals surface area contributed by atoms with Crippen molar-refractivity contribution in [1.82, 2.24) is 49.4 Å². The number of hydrogen-bond acceptors (Lipinski definition) is 19. The van der Waals surface area contributed by atoms with Gasteiger partial charge in [-0.05, 0) is 80.1 Å². The second-order valence-electron chi connectivity index (χ2n) is 22.0. The zero-order chi connectivity index (χ0) is 65.4. The highest BCUT2D eigenvalue weighted by molar-refractivity contribution is 5.94. The van der Waals surface area contributed by atoms with E-state index in [4.69, 9.17) is 5.73 Å². The molecule has 0 aromatic carbocycles. The number of nitrogens with zero attached hydrogens (tertiary/aromatic N) is 9. The first kappa shape index (κ1) is 79.3. The van der Waals surface area contributed by atoms with Crippen LogP contribution in [-0.4, -0.2) is 323 Å². The van der Waals surface area contributed by atoms with Gasteiger partial charge in [0.25, 0.3) is 0 Å². The van der Waals surface area contributed by atoms with Crippen LogP contribution >= 0.6 is 0 Å². The van der Waals surface area contributed by atoms with Gasteiger partial charge < -0.3 is 96.0 Å². The van der Waals surface area contributed by atoms with Crippen LogP contribution in [0.3, 0.4) is 0 Å². The standard InChI is InChI=1S/C56H105N11O18/c1-13-37(7)58-19-48(77)64(39(9)15-3)29-51(80)59(20-43(72)33-68)25-49(78)62(23-46(75)36-71)28-54(83)67(42(12)18-6)32-56(85)65(40(10)16-4)30-52(81)60(21-44(73)34-69)26-50(79)61(22-45(74)35-70)27-53(82)66(41(11)17-5)31-55(84)63(24-47(57)76)38(8)14-2/h37-46,58,68-75H,13-36H2,1-12H3,(H2,57,76). The topological polar surface area (TPSA) is 400 Å². The van der Waals surface area contributed by atoms with Gasteiger partial charge in [0.15, 0.2) is 0 Å². The van der Waals surface area contributed by atoms with Crippen molar-refractivity contribution in [2.24, 2.45) is 5.73 Å². The lowest BCUT2D eigenvalue weighted by Gasteiger charge is -2.37. The normalized spacial score (nSPS) is 14.9. The highest BCUT2D eigenvalue weighted by atomic mass is 16.3. The van der Waals surface area contributed by atoms with Crippen LogP contribution in [-0.2, 0) is 47.9 Å². The van der Waals surface area contributed by atoms with Gasteiger partial charge in [0.2, 0.25) is 59.1 Å². The van der Waals surface area contributed by atoms with Gasteiger partial charge in [-0.25, -0.2) is 0 Å². The van der Waals surface area contributed by atoms with Gasteiger partial charge >= 0.3 is 0 Å². The Bertz CT molecular complexity index is 2100. The van der Waals surface area contributed by atoms with Crippen LogP contribution in [0, 0.1) is 0 Å². The van der Waals surface area contributed by atoms with Crippen molar-refractivity contribution in [3.05, 3.63) is 0 Å². The smallest absolute Gasteiger partial charge is 0.242 e. The predicted molar refractivity (Wildman–Crippen MR) is 313 cm³/mol. The van der Waals surface area contributed by atoms with Crippen LogP contribution in [0.25, 0.3) is 0 Å². The molecule has 29 heteroatoms. The summed E-state index contributed by atoms with van der Waals surface area (Å²) in [6, 6.07) is -2.93. The van der Waals surface area contributed by atoms with E-state index in [0.29, 0.717) is 19.3 Å². The van der Waals surface area contributed by atoms with Crippen LogP contribution in [0.1, 0.15) is 122 Å². The molecule has 0 spiro atoms. The quantitative estimate of drug-likeness (QED) is 0.0276. The number of nitrogens with one attached hydrogen (secondary N) is 1. The number of aliphatic hydroxyl groups is 8. The fraction of sp³-hybridized carbons (Fsp3) is 0.821. The SMILES string of the molecule is CCC(C)NCC(=O)N(CC(=O)N(CC(=O)N(CC(=O)N(CC(=O)N(CC(=O)N(CC(=O)N(CC(=O)N(CC(=O)N(CC(N)=O)C(C)CC)C(C)CC)CC(O)CO)CC(O)CO)C(C)CC)C(C)CC)CC(O)CO)CC(O)CO)C(C)CC. The molecule has 85 heavy (non-hydrogen) atoms. The molecule has 0 aliphatic heterocycles. The highest BCUT2D eigenvalue weighted by Gasteiger charge is 2.36. The fourth-order valence-electron chi connectivity index (χ4n) is 8.49. The number of primary amides is 1. The fourth-order valence-corrected chi connectivity index (χ4v) is 8.49. The summed E-state index contributed by atoms with van der Waals surface area (Å²) in [5.74, 6) is -7.90. The summed E-state index contributed by atoms with van der Waals surface area (Å²) in [5, 5.41) is 84.7. The molecule has 0 radical (unpaired) electrons. The Morgan fingerprint density at radius 1 is 0.329 bits per heavy atom. The summed E-state index contributed by atoms with van der Waals surface area (Å²) < 4.78 is 0. The summed E-state index contributed by atoms with van der Waals surface area (Å²) in [5.41, 5.74) is 5.43. The van der Waals surface area contributed by atoms with Crippen molar-refractivity contribution in [2.75, 3.05) is 118 Å². The summed E-state index contributed by atoms with van der Waals surface area (Å²) in [7, 11) is 0. The van der Waals surface area contributed by atoms with Crippen molar-refractivity contribution in [2.45, 2.75) is 182 Å². The van der Waals surface area contributed by atoms with Crippen molar-refractivity contribution in [1.29, 1.82) is 0 Å². The number of carbonyl (C=O) groups excluding carboxylic acids is 10. The number of rotatable bonds is 44. The van der Waals surface area contributed by atoms with E-state index >= 15 is 0 Å². The molecule has 0 fully saturated rings. The van der Waals surface area contributed by atoms with Gasteiger partial charge in [-0.3, -0.25) is 47.9 Å². The summed E-state index contributed by atoms with van der Waals surface area (Å²) in [4.78, 5) is 149. The molecule has 10 amide bonds. The molecular formula is C56H105N11O18. The predicted octanol–water partition coefficient (Wildman–Crippen LogP) is -4.28. The van der Waals surface area contributed by atoms with Gasteiger partial charge in [0, 0.05) is 62.4 Å². The van der Waals surface area contributed by atoms with E-state index in [1.807, 2.05) is 20.8 Å². The Balaban J connectivity index is 7.14. The van der Waals surface area contributed by atoms with Crippen molar-refractivity contribution >= 4 is 59.1 Å². The first-order valence-corrected chi connectivity index (χ1v) is 29.6. The van der Waals surface area contributed by atoms with Crippen LogP contribution in [0.4, 0.5) is 0 Å². The average molecular weight is 1220 g/mol. The third kappa shape index (κ3) is 28.2. The summed E-state index contributed by atoms with van der Waals surface area (Å²) in [6.07, 6.45) is -3.89. The molecular weight excluding hydrogens is 1110 g/mol. The zero-order valence-corrected chi connectivity index (χ0v) is 52.5. The number of amides is 10. The van der Waals surface area contributed by atoms with E-state index in [-0.39, 0.29) is 25.4 Å².